The van der Waals surface area contributed by atoms with Crippen molar-refractivity contribution in [2.45, 2.75) is 46.6 Å². The lowest BCUT2D eigenvalue weighted by molar-refractivity contribution is 0.101. The average Bonchev–Trinajstić information content (AvgIpc) is 3.16. The zero-order valence-corrected chi connectivity index (χ0v) is 15.1. The topological polar surface area (TPSA) is 59.8 Å². The summed E-state index contributed by atoms with van der Waals surface area (Å²) in [6.45, 7) is 7.03. The van der Waals surface area contributed by atoms with Crippen molar-refractivity contribution >= 4 is 33.3 Å². The van der Waals surface area contributed by atoms with E-state index in [1.807, 2.05) is 26.0 Å². The second-order valence-electron chi connectivity index (χ2n) is 5.80. The molecule has 0 aliphatic rings. The number of carbonyl (C=O) groups excluding carboxylic acids is 1. The van der Waals surface area contributed by atoms with E-state index in [0.29, 0.717) is 5.13 Å². The van der Waals surface area contributed by atoms with Gasteiger partial charge in [-0.1, -0.05) is 49.8 Å². The second kappa shape index (κ2) is 7.13. The summed E-state index contributed by atoms with van der Waals surface area (Å²) >= 11 is 1.43. The van der Waals surface area contributed by atoms with Gasteiger partial charge in [-0.15, -0.1) is 10.2 Å². The number of amides is 1. The summed E-state index contributed by atoms with van der Waals surface area (Å²) in [6.07, 6.45) is 2.95. The zero-order chi connectivity index (χ0) is 17.1. The van der Waals surface area contributed by atoms with Gasteiger partial charge >= 0.3 is 0 Å². The van der Waals surface area contributed by atoms with Crippen molar-refractivity contribution in [1.29, 1.82) is 0 Å². The fourth-order valence-electron chi connectivity index (χ4n) is 2.92. The molecule has 0 spiro atoms. The summed E-state index contributed by atoms with van der Waals surface area (Å²) < 4.78 is 2.13. The predicted octanol–water partition coefficient (Wildman–Crippen LogP) is 4.42. The highest BCUT2D eigenvalue weighted by atomic mass is 32.1. The van der Waals surface area contributed by atoms with Gasteiger partial charge in [0.1, 0.15) is 10.7 Å². The number of benzene rings is 1. The van der Waals surface area contributed by atoms with E-state index in [-0.39, 0.29) is 5.91 Å². The van der Waals surface area contributed by atoms with E-state index in [4.69, 9.17) is 0 Å². The van der Waals surface area contributed by atoms with Crippen LogP contribution in [0.1, 0.15) is 47.7 Å². The summed E-state index contributed by atoms with van der Waals surface area (Å²) in [5.41, 5.74) is 2.84. The van der Waals surface area contributed by atoms with Crippen LogP contribution >= 0.6 is 11.3 Å². The molecule has 3 rings (SSSR count). The second-order valence-corrected chi connectivity index (χ2v) is 6.87. The Balaban J connectivity index is 2.00. The Morgan fingerprint density at radius 2 is 2.04 bits per heavy atom. The molecule has 0 aliphatic heterocycles. The van der Waals surface area contributed by atoms with Crippen molar-refractivity contribution in [2.75, 3.05) is 5.32 Å². The summed E-state index contributed by atoms with van der Waals surface area (Å²) in [7, 11) is 0. The Morgan fingerprint density at radius 1 is 1.25 bits per heavy atom. The van der Waals surface area contributed by atoms with Gasteiger partial charge in [-0.2, -0.15) is 0 Å². The van der Waals surface area contributed by atoms with Crippen LogP contribution in [0.15, 0.2) is 24.3 Å². The highest BCUT2D eigenvalue weighted by Crippen LogP contribution is 2.27. The van der Waals surface area contributed by atoms with Gasteiger partial charge in [-0.05, 0) is 31.4 Å². The van der Waals surface area contributed by atoms with Crippen LogP contribution < -0.4 is 5.32 Å². The Bertz CT molecular complexity index is 865. The van der Waals surface area contributed by atoms with Crippen LogP contribution in [0, 0.1) is 6.92 Å². The number of hydrogen-bond acceptors (Lipinski definition) is 4. The number of nitrogens with one attached hydrogen (secondary N) is 1. The van der Waals surface area contributed by atoms with Gasteiger partial charge in [0.25, 0.3) is 5.91 Å². The monoisotopic (exact) mass is 342 g/mol. The van der Waals surface area contributed by atoms with Crippen LogP contribution in [0.25, 0.3) is 10.9 Å². The number of rotatable bonds is 6. The summed E-state index contributed by atoms with van der Waals surface area (Å²) in [5, 5.41) is 13.7. The first-order chi connectivity index (χ1) is 11.7. The highest BCUT2D eigenvalue weighted by Gasteiger charge is 2.20. The van der Waals surface area contributed by atoms with E-state index in [1.165, 1.54) is 11.3 Å². The minimum Gasteiger partial charge on any atom is -0.336 e. The number of fused-ring (bicyclic) bond motifs is 1. The number of nitrogens with zero attached hydrogens (tertiary/aromatic N) is 3. The van der Waals surface area contributed by atoms with Gasteiger partial charge in [-0.25, -0.2) is 0 Å². The van der Waals surface area contributed by atoms with Crippen molar-refractivity contribution < 1.29 is 4.79 Å². The molecule has 1 amide bonds. The van der Waals surface area contributed by atoms with Gasteiger partial charge in [-0.3, -0.25) is 10.1 Å². The fourth-order valence-corrected chi connectivity index (χ4v) is 3.60. The molecule has 1 aromatic carbocycles. The third kappa shape index (κ3) is 3.06. The van der Waals surface area contributed by atoms with Crippen molar-refractivity contribution in [3.8, 4) is 0 Å². The smallest absolute Gasteiger partial charge is 0.274 e. The van der Waals surface area contributed by atoms with Crippen molar-refractivity contribution in [2.24, 2.45) is 0 Å². The van der Waals surface area contributed by atoms with Gasteiger partial charge in [0.2, 0.25) is 5.13 Å². The van der Waals surface area contributed by atoms with Crippen molar-refractivity contribution in [1.82, 2.24) is 14.8 Å². The number of para-hydroxylation sites is 1. The molecule has 126 valence electrons. The maximum Gasteiger partial charge on any atom is 0.274 e. The van der Waals surface area contributed by atoms with Gasteiger partial charge in [0.15, 0.2) is 0 Å². The van der Waals surface area contributed by atoms with Crippen LogP contribution in [-0.4, -0.2) is 20.7 Å². The van der Waals surface area contributed by atoms with Gasteiger partial charge in [0, 0.05) is 17.4 Å². The minimum atomic E-state index is -0.112. The number of aromatic nitrogens is 3. The third-order valence-electron chi connectivity index (χ3n) is 4.16. The van der Waals surface area contributed by atoms with E-state index in [2.05, 4.69) is 39.1 Å². The molecule has 2 aromatic heterocycles. The molecule has 5 nitrogen and oxygen atoms in total. The minimum absolute atomic E-state index is 0.112. The average molecular weight is 342 g/mol. The molecular weight excluding hydrogens is 320 g/mol. The van der Waals surface area contributed by atoms with Gasteiger partial charge < -0.3 is 4.57 Å². The van der Waals surface area contributed by atoms with E-state index >= 15 is 0 Å². The Labute approximate surface area is 145 Å². The van der Waals surface area contributed by atoms with E-state index in [0.717, 1.165) is 53.0 Å². The van der Waals surface area contributed by atoms with Crippen LogP contribution in [-0.2, 0) is 13.0 Å². The van der Waals surface area contributed by atoms with Gasteiger partial charge in [0.05, 0.1) is 0 Å². The maximum atomic E-state index is 12.9. The molecule has 0 radical (unpaired) electrons. The lowest BCUT2D eigenvalue weighted by atomic mass is 10.1. The van der Waals surface area contributed by atoms with Crippen molar-refractivity contribution in [3.05, 3.63) is 40.5 Å². The quantitative estimate of drug-likeness (QED) is 0.721. The SMILES string of the molecule is CCCCn1c(C(=O)Nc2nnc(CC)s2)c(C)c2ccccc21. The molecule has 0 bridgehead atoms. The zero-order valence-electron chi connectivity index (χ0n) is 14.3. The van der Waals surface area contributed by atoms with Crippen LogP contribution in [0.3, 0.4) is 0 Å². The molecule has 2 heterocycles. The number of anilines is 1. The molecule has 0 unspecified atom stereocenters. The number of carbonyl (C=O) groups is 1. The Hall–Kier alpha value is -2.21. The number of unbranched alkanes of at least 4 members (excludes halogenated alkanes) is 1. The highest BCUT2D eigenvalue weighted by molar-refractivity contribution is 7.15. The van der Waals surface area contributed by atoms with E-state index in [1.54, 1.807) is 0 Å². The van der Waals surface area contributed by atoms with Crippen LogP contribution in [0.4, 0.5) is 5.13 Å². The summed E-state index contributed by atoms with van der Waals surface area (Å²) in [6, 6.07) is 8.18. The molecule has 0 saturated carbocycles. The molecule has 24 heavy (non-hydrogen) atoms. The summed E-state index contributed by atoms with van der Waals surface area (Å²) in [4.78, 5) is 12.9. The van der Waals surface area contributed by atoms with Crippen LogP contribution in [0.5, 0.6) is 0 Å². The van der Waals surface area contributed by atoms with Crippen LogP contribution in [0.2, 0.25) is 0 Å². The molecule has 0 fully saturated rings. The molecule has 0 saturated heterocycles. The standard InChI is InChI=1S/C18H22N4OS/c1-4-6-11-22-14-10-8-7-9-13(14)12(3)16(22)17(23)19-18-21-20-15(5-2)24-18/h7-10H,4-6,11H2,1-3H3,(H,19,21,23). The largest absolute Gasteiger partial charge is 0.336 e. The predicted molar refractivity (Wildman–Crippen MR) is 98.8 cm³/mol. The Kier molecular flexibility index (Phi) is 4.94. The molecule has 3 aromatic rings. The maximum absolute atomic E-state index is 12.9. The molecule has 1 N–H and O–H groups in total. The lowest BCUT2D eigenvalue weighted by Gasteiger charge is -2.10. The molecule has 6 heteroatoms. The Morgan fingerprint density at radius 3 is 2.75 bits per heavy atom. The molecule has 0 atom stereocenters. The number of aryl methyl sites for hydroxylation is 3. The summed E-state index contributed by atoms with van der Waals surface area (Å²) in [5.74, 6) is -0.112. The third-order valence-corrected chi connectivity index (χ3v) is 5.15. The molecular formula is C18H22N4OS. The first kappa shape index (κ1) is 16.6. The fraction of sp³-hybridized carbons (Fsp3) is 0.389. The van der Waals surface area contributed by atoms with Crippen molar-refractivity contribution in [3.63, 3.8) is 0 Å². The van der Waals surface area contributed by atoms with E-state index < -0.39 is 0 Å². The number of hydrogen-bond donors (Lipinski definition) is 1. The first-order valence-corrected chi connectivity index (χ1v) is 9.18. The molecule has 0 aliphatic carbocycles. The van der Waals surface area contributed by atoms with E-state index in [9.17, 15) is 4.79 Å². The normalized spacial score (nSPS) is 11.1. The first-order valence-electron chi connectivity index (χ1n) is 8.37. The lowest BCUT2D eigenvalue weighted by Crippen LogP contribution is -2.18.